The molecule has 4 aliphatic rings. The number of hydrazine groups is 2. The van der Waals surface area contributed by atoms with Gasteiger partial charge < -0.3 is 24.9 Å². The van der Waals surface area contributed by atoms with Crippen molar-refractivity contribution in [3.05, 3.63) is 297 Å². The van der Waals surface area contributed by atoms with Gasteiger partial charge >= 0.3 is 12.1 Å². The maximum absolute atomic E-state index is 15.2. The molecule has 12 rings (SSSR count). The van der Waals surface area contributed by atoms with Gasteiger partial charge in [0.2, 0.25) is 0 Å². The molecule has 0 saturated carbocycles. The molecule has 3 N–H and O–H groups in total. The minimum atomic E-state index is -1.15. The Hall–Kier alpha value is -9.95. The molecule has 1 fully saturated rings. The van der Waals surface area contributed by atoms with Gasteiger partial charge in [0.25, 0.3) is 11.8 Å². The molecule has 1 aromatic heterocycles. The monoisotopic (exact) mass is 1260 g/mol. The molecular weight excluding hydrogens is 1210 g/mol. The van der Waals surface area contributed by atoms with Crippen molar-refractivity contribution in [1.82, 2.24) is 30.8 Å². The third kappa shape index (κ3) is 13.0. The zero-order chi connectivity index (χ0) is 62.0. The summed E-state index contributed by atoms with van der Waals surface area (Å²) >= 11 is 9.40. The lowest BCUT2D eigenvalue weighted by atomic mass is 9.77. The number of hydrogen-bond acceptors (Lipinski definition) is 18. The molecule has 0 spiro atoms. The van der Waals surface area contributed by atoms with Gasteiger partial charge in [0.1, 0.15) is 28.3 Å². The lowest BCUT2D eigenvalue weighted by Gasteiger charge is -2.49. The number of thiocarbonyl (C=S) groups is 1. The van der Waals surface area contributed by atoms with E-state index in [1.807, 2.05) is 231 Å². The maximum Gasteiger partial charge on any atom is 0.431 e. The van der Waals surface area contributed by atoms with Gasteiger partial charge in [-0.05, 0) is 69.7 Å². The van der Waals surface area contributed by atoms with Crippen LogP contribution in [0.25, 0.3) is 0 Å². The number of allylic oxidation sites excluding steroid dienone is 1. The molecule has 0 unspecified atom stereocenters. The number of oxime groups is 1. The van der Waals surface area contributed by atoms with Crippen LogP contribution in [0.4, 0.5) is 9.93 Å². The summed E-state index contributed by atoms with van der Waals surface area (Å²) in [5.74, 6) is -1.26. The van der Waals surface area contributed by atoms with Crippen molar-refractivity contribution < 1.29 is 33.5 Å². The number of amides is 3. The van der Waals surface area contributed by atoms with Crippen molar-refractivity contribution in [2.24, 2.45) is 10.1 Å². The summed E-state index contributed by atoms with van der Waals surface area (Å²) in [4.78, 5) is 75.9. The van der Waals surface area contributed by atoms with Crippen molar-refractivity contribution in [3.8, 4) is 6.07 Å². The minimum Gasteiger partial charge on any atom is -0.448 e. The molecule has 7 aromatic carbocycles. The fourth-order valence-electron chi connectivity index (χ4n) is 10.8. The Morgan fingerprint density at radius 1 is 0.767 bits per heavy atom. The first-order chi connectivity index (χ1) is 44.1. The number of anilines is 1. The van der Waals surface area contributed by atoms with Gasteiger partial charge in [0, 0.05) is 35.4 Å². The number of carbonyl (C=O) groups is 4. The highest BCUT2D eigenvalue weighted by atomic mass is 32.2. The molecule has 448 valence electrons. The van der Waals surface area contributed by atoms with Gasteiger partial charge in [-0.15, -0.1) is 40.4 Å². The zero-order valence-electron chi connectivity index (χ0n) is 48.2. The van der Waals surface area contributed by atoms with Gasteiger partial charge in [-0.25, -0.2) is 24.6 Å². The van der Waals surface area contributed by atoms with E-state index in [4.69, 9.17) is 36.5 Å². The Balaban J connectivity index is 0.825. The van der Waals surface area contributed by atoms with Crippen molar-refractivity contribution in [2.75, 3.05) is 16.8 Å². The van der Waals surface area contributed by atoms with E-state index < -0.39 is 53.0 Å². The molecule has 90 heavy (non-hydrogen) atoms. The van der Waals surface area contributed by atoms with Crippen LogP contribution in [0, 0.1) is 11.3 Å². The second kappa shape index (κ2) is 27.6. The molecule has 8 aromatic rings. The molecule has 1 saturated heterocycles. The quantitative estimate of drug-likeness (QED) is 0.0153. The summed E-state index contributed by atoms with van der Waals surface area (Å²) in [5.41, 5.74) is 9.09. The lowest BCUT2D eigenvalue weighted by Crippen LogP contribution is -2.71. The highest BCUT2D eigenvalue weighted by Crippen LogP contribution is 2.45. The summed E-state index contributed by atoms with van der Waals surface area (Å²) in [6.07, 6.45) is 1.30. The Bertz CT molecular complexity index is 3980. The molecule has 0 aliphatic carbocycles. The third-order valence-corrected chi connectivity index (χ3v) is 18.5. The van der Waals surface area contributed by atoms with E-state index in [0.29, 0.717) is 38.4 Å². The number of thiazole rings is 1. The average molecular weight is 1270 g/mol. The lowest BCUT2D eigenvalue weighted by molar-refractivity contribution is -0.154. The van der Waals surface area contributed by atoms with Crippen LogP contribution in [0.2, 0.25) is 0 Å². The number of aliphatic imine (C=N–C) groups is 1. The first kappa shape index (κ1) is 60.3. The standard InChI is InChI=1S/C69H56N10O7S4/c1-45-40-56(79-55(71-45)41-77(76-79)68(83)85-62(48-28-13-4-14-29-48)49-30-15-5-16-31-49)88-42-50-43-89-65-59(64(81)78(65)60(50)66(82)84-61(46-24-9-2-10-25-46)47-26-11-3-12-27-47)73-63(80)58(75-86-57(87)38-23-39-70)54-44-90-67(72-54)74-69(51-32-17-6-18-33-51,52-34-19-7-20-35-52)53-36-21-8-22-37-53/h2-22,24-37,40-41,44,59,61-62,65,76H,23,38,42-43H2,1H3,(H,72,74)(H,73,80)/t59-,65-/m1/s1. The SMILES string of the molecule is CC1=NC2=CN(C(=O)OC(c3ccccc3)c3ccccc3)NN2C(SCC2=C(C(=O)OC(c3ccccc3)c3ccccc3)N3C(=O)[C@@H](NC(=O)C(=NOC(=S)CCC#N)c4csc(NC(c5ccccc5)(c5ccccc5)c5ccccc5)n4)[C@H]3SC2)=C1. The summed E-state index contributed by atoms with van der Waals surface area (Å²) in [7, 11) is 0. The predicted octanol–water partition coefficient (Wildman–Crippen LogP) is 12.7. The molecule has 5 heterocycles. The summed E-state index contributed by atoms with van der Waals surface area (Å²) in [6, 6.07) is 68.5. The summed E-state index contributed by atoms with van der Waals surface area (Å²) in [5, 5.41) is 25.1. The van der Waals surface area contributed by atoms with Crippen LogP contribution in [-0.4, -0.2) is 83.2 Å². The van der Waals surface area contributed by atoms with Gasteiger partial charge in [-0.2, -0.15) is 10.3 Å². The fraction of sp³-hybridized carbons (Fsp3) is 0.145. The van der Waals surface area contributed by atoms with Crippen molar-refractivity contribution >= 4 is 92.6 Å². The smallest absolute Gasteiger partial charge is 0.431 e. The van der Waals surface area contributed by atoms with Crippen molar-refractivity contribution in [2.45, 2.75) is 48.9 Å². The fourth-order valence-corrected chi connectivity index (χ4v) is 14.2. The molecule has 17 nitrogen and oxygen atoms in total. The van der Waals surface area contributed by atoms with Crippen LogP contribution in [0.5, 0.6) is 0 Å². The van der Waals surface area contributed by atoms with E-state index in [9.17, 15) is 19.6 Å². The number of thioether (sulfide) groups is 2. The first-order valence-electron chi connectivity index (χ1n) is 28.7. The van der Waals surface area contributed by atoms with Crippen molar-refractivity contribution in [3.63, 3.8) is 0 Å². The highest BCUT2D eigenvalue weighted by Gasteiger charge is 2.55. The summed E-state index contributed by atoms with van der Waals surface area (Å²) < 4.78 is 12.7. The second-order valence-corrected chi connectivity index (χ2v) is 24.3. The van der Waals surface area contributed by atoms with Gasteiger partial charge in [-0.3, -0.25) is 14.5 Å². The Morgan fingerprint density at radius 3 is 1.80 bits per heavy atom. The number of rotatable bonds is 21. The molecule has 4 aliphatic heterocycles. The Kier molecular flexibility index (Phi) is 18.5. The molecule has 21 heteroatoms. The zero-order valence-corrected chi connectivity index (χ0v) is 51.5. The van der Waals surface area contributed by atoms with Crippen LogP contribution >= 0.6 is 47.1 Å². The van der Waals surface area contributed by atoms with Crippen LogP contribution in [0.15, 0.2) is 262 Å². The number of hydrogen-bond donors (Lipinski definition) is 3. The van der Waals surface area contributed by atoms with Gasteiger partial charge in [0.15, 0.2) is 33.9 Å². The first-order valence-corrected chi connectivity index (χ1v) is 32.0. The number of fused-ring (bicyclic) bond motifs is 2. The largest absolute Gasteiger partial charge is 0.448 e. The number of benzene rings is 7. The number of ether oxygens (including phenoxy) is 2. The second-order valence-electron chi connectivity index (χ2n) is 20.9. The normalized spacial score (nSPS) is 16.2. The van der Waals surface area contributed by atoms with Crippen LogP contribution < -0.4 is 16.2 Å². The maximum atomic E-state index is 15.2. The molecule has 0 bridgehead atoms. The Labute approximate surface area is 537 Å². The van der Waals surface area contributed by atoms with Crippen LogP contribution in [0.1, 0.15) is 76.6 Å². The van der Waals surface area contributed by atoms with E-state index in [-0.39, 0.29) is 46.5 Å². The van der Waals surface area contributed by atoms with Crippen LogP contribution in [0.3, 0.4) is 0 Å². The highest BCUT2D eigenvalue weighted by molar-refractivity contribution is 8.03. The molecule has 3 amide bonds. The van der Waals surface area contributed by atoms with Crippen LogP contribution in [-0.2, 0) is 34.2 Å². The molecule has 2 atom stereocenters. The van der Waals surface area contributed by atoms with E-state index >= 15 is 4.79 Å². The number of carbonyl (C=O) groups excluding carboxylic acids is 4. The Morgan fingerprint density at radius 2 is 1.28 bits per heavy atom. The third-order valence-electron chi connectivity index (χ3n) is 15.1. The van der Waals surface area contributed by atoms with E-state index in [0.717, 1.165) is 27.8 Å². The van der Waals surface area contributed by atoms with E-state index in [1.165, 1.54) is 44.8 Å². The van der Waals surface area contributed by atoms with E-state index in [2.05, 4.69) is 21.3 Å². The number of β-lactam (4-membered cyclic amide) rings is 1. The topological polar surface area (TPSA) is 203 Å². The number of esters is 1. The van der Waals surface area contributed by atoms with Crippen molar-refractivity contribution in [1.29, 1.82) is 5.26 Å². The predicted molar refractivity (Wildman–Crippen MR) is 353 cm³/mol. The molecular formula is C69H56N10O7S4. The number of nitrogens with one attached hydrogen (secondary N) is 3. The number of aromatic nitrogens is 1. The summed E-state index contributed by atoms with van der Waals surface area (Å²) in [6.45, 7) is 1.84. The van der Waals surface area contributed by atoms with Gasteiger partial charge in [0.05, 0.1) is 17.3 Å². The molecule has 0 radical (unpaired) electrons. The average Bonchev–Trinajstić information content (AvgIpc) is 0.799. The number of nitriles is 1. The van der Waals surface area contributed by atoms with E-state index in [1.54, 1.807) is 16.6 Å². The number of nitrogens with zero attached hydrogens (tertiary/aromatic N) is 7. The minimum absolute atomic E-state index is 0.0294. The van der Waals surface area contributed by atoms with Gasteiger partial charge in [-0.1, -0.05) is 217 Å².